The van der Waals surface area contributed by atoms with Crippen molar-refractivity contribution >= 4 is 40.3 Å². The number of benzene rings is 2. The standard InChI is InChI=1S/C27H26ClN3O5/c1-16(33)21-6-4-18(28)12-22(21)23-13-27(34)31(14-25(23)36-3)26(8-9-35-2)30-19-5-7-24-17(10-19)11-20(15-32)29-24/h4-7,10-15,26,29-30H,8-9H2,1-3H3. The molecule has 0 bridgehead atoms. The molecule has 0 amide bonds. The van der Waals surface area contributed by atoms with Crippen molar-refractivity contribution in [3.05, 3.63) is 81.4 Å². The van der Waals surface area contributed by atoms with E-state index in [-0.39, 0.29) is 11.3 Å². The van der Waals surface area contributed by atoms with Gasteiger partial charge in [-0.25, -0.2) is 0 Å². The number of pyridine rings is 1. The number of H-pyrrole nitrogens is 1. The maximum atomic E-state index is 13.4. The van der Waals surface area contributed by atoms with E-state index in [1.54, 1.807) is 37.6 Å². The number of nitrogens with zero attached hydrogens (tertiary/aromatic N) is 1. The Hall–Kier alpha value is -3.88. The van der Waals surface area contributed by atoms with Crippen molar-refractivity contribution < 1.29 is 19.1 Å². The Morgan fingerprint density at radius 2 is 1.94 bits per heavy atom. The third kappa shape index (κ3) is 5.19. The Labute approximate surface area is 212 Å². The molecule has 2 heterocycles. The second-order valence-corrected chi connectivity index (χ2v) is 8.77. The van der Waals surface area contributed by atoms with E-state index >= 15 is 0 Å². The molecule has 4 rings (SSSR count). The zero-order chi connectivity index (χ0) is 25.8. The van der Waals surface area contributed by atoms with Crippen molar-refractivity contribution in [2.75, 3.05) is 26.1 Å². The van der Waals surface area contributed by atoms with Crippen molar-refractivity contribution in [1.82, 2.24) is 9.55 Å². The Bertz CT molecular complexity index is 1490. The van der Waals surface area contributed by atoms with Gasteiger partial charge in [0, 0.05) is 58.9 Å². The minimum absolute atomic E-state index is 0.148. The van der Waals surface area contributed by atoms with Crippen LogP contribution in [0.15, 0.2) is 59.5 Å². The summed E-state index contributed by atoms with van der Waals surface area (Å²) in [4.78, 5) is 39.7. The molecule has 2 aromatic heterocycles. The fourth-order valence-corrected chi connectivity index (χ4v) is 4.37. The normalized spacial score (nSPS) is 11.9. The highest BCUT2D eigenvalue weighted by molar-refractivity contribution is 6.31. The van der Waals surface area contributed by atoms with Crippen LogP contribution in [-0.4, -0.2) is 42.4 Å². The lowest BCUT2D eigenvalue weighted by molar-refractivity contribution is 0.101. The average Bonchev–Trinajstić information content (AvgIpc) is 3.29. The molecule has 0 radical (unpaired) electrons. The molecule has 2 N–H and O–H groups in total. The van der Waals surface area contributed by atoms with Gasteiger partial charge in [0.25, 0.3) is 5.56 Å². The number of anilines is 1. The Balaban J connectivity index is 1.77. The molecule has 0 saturated heterocycles. The molecule has 4 aromatic rings. The van der Waals surface area contributed by atoms with Crippen LogP contribution in [0.3, 0.4) is 0 Å². The monoisotopic (exact) mass is 507 g/mol. The number of carbonyl (C=O) groups is 2. The zero-order valence-corrected chi connectivity index (χ0v) is 20.9. The number of methoxy groups -OCH3 is 2. The molecule has 36 heavy (non-hydrogen) atoms. The first-order chi connectivity index (χ1) is 17.3. The number of halogens is 1. The van der Waals surface area contributed by atoms with Crippen LogP contribution < -0.4 is 15.6 Å². The number of carbonyl (C=O) groups excluding carboxylic acids is 2. The van der Waals surface area contributed by atoms with E-state index in [9.17, 15) is 14.4 Å². The first kappa shape index (κ1) is 25.2. The van der Waals surface area contributed by atoms with Crippen LogP contribution in [0.5, 0.6) is 5.75 Å². The summed E-state index contributed by atoms with van der Waals surface area (Å²) >= 11 is 6.21. The van der Waals surface area contributed by atoms with Gasteiger partial charge in [0.2, 0.25) is 0 Å². The van der Waals surface area contributed by atoms with Gasteiger partial charge in [0.05, 0.1) is 19.0 Å². The molecular formula is C27H26ClN3O5. The minimum atomic E-state index is -0.464. The van der Waals surface area contributed by atoms with Gasteiger partial charge in [-0.05, 0) is 55.0 Å². The molecule has 2 aromatic carbocycles. The maximum Gasteiger partial charge on any atom is 0.253 e. The predicted molar refractivity (Wildman–Crippen MR) is 141 cm³/mol. The maximum absolute atomic E-state index is 13.4. The number of ketones is 1. The van der Waals surface area contributed by atoms with Gasteiger partial charge in [0.15, 0.2) is 12.1 Å². The number of ether oxygens (including phenoxy) is 2. The van der Waals surface area contributed by atoms with E-state index < -0.39 is 6.17 Å². The summed E-state index contributed by atoms with van der Waals surface area (Å²) < 4.78 is 12.5. The van der Waals surface area contributed by atoms with Gasteiger partial charge in [0.1, 0.15) is 11.9 Å². The van der Waals surface area contributed by atoms with Crippen LogP contribution in [0.1, 0.15) is 40.4 Å². The number of Topliss-reactive ketones (excluding diaryl/α,β-unsaturated/α-hetero) is 1. The van der Waals surface area contributed by atoms with Crippen LogP contribution in [0.4, 0.5) is 5.69 Å². The van der Waals surface area contributed by atoms with Crippen LogP contribution in [-0.2, 0) is 4.74 Å². The first-order valence-electron chi connectivity index (χ1n) is 11.3. The number of nitrogens with one attached hydrogen (secondary N) is 2. The number of aldehydes is 1. The number of rotatable bonds is 10. The van der Waals surface area contributed by atoms with Gasteiger partial charge in [-0.1, -0.05) is 11.6 Å². The molecule has 1 atom stereocenters. The number of hydrogen-bond donors (Lipinski definition) is 2. The van der Waals surface area contributed by atoms with Gasteiger partial charge >= 0.3 is 0 Å². The van der Waals surface area contributed by atoms with Crippen LogP contribution in [0.25, 0.3) is 22.0 Å². The first-order valence-corrected chi connectivity index (χ1v) is 11.7. The van der Waals surface area contributed by atoms with Crippen molar-refractivity contribution in [2.45, 2.75) is 19.5 Å². The number of aromatic amines is 1. The Kier molecular flexibility index (Phi) is 7.57. The molecule has 186 valence electrons. The lowest BCUT2D eigenvalue weighted by atomic mass is 9.97. The summed E-state index contributed by atoms with van der Waals surface area (Å²) in [6.07, 6.45) is 2.41. The second kappa shape index (κ2) is 10.8. The number of fused-ring (bicyclic) bond motifs is 1. The molecule has 8 nitrogen and oxygen atoms in total. The summed E-state index contributed by atoms with van der Waals surface area (Å²) in [5.41, 5.74) is 3.25. The molecule has 0 aliphatic heterocycles. The molecule has 0 spiro atoms. The number of hydrogen-bond acceptors (Lipinski definition) is 6. The van der Waals surface area contributed by atoms with E-state index in [1.807, 2.05) is 18.2 Å². The smallest absolute Gasteiger partial charge is 0.253 e. The van der Waals surface area contributed by atoms with Crippen molar-refractivity contribution in [3.8, 4) is 16.9 Å². The minimum Gasteiger partial charge on any atom is -0.495 e. The highest BCUT2D eigenvalue weighted by Crippen LogP contribution is 2.34. The molecule has 1 unspecified atom stereocenters. The Morgan fingerprint density at radius 1 is 1.14 bits per heavy atom. The summed E-state index contributed by atoms with van der Waals surface area (Å²) in [6, 6.07) is 13.8. The second-order valence-electron chi connectivity index (χ2n) is 8.33. The fourth-order valence-electron chi connectivity index (χ4n) is 4.20. The molecule has 0 fully saturated rings. The Morgan fingerprint density at radius 3 is 2.64 bits per heavy atom. The third-order valence-corrected chi connectivity index (χ3v) is 6.18. The molecule has 0 aliphatic carbocycles. The summed E-state index contributed by atoms with van der Waals surface area (Å²) in [7, 11) is 3.10. The topological polar surface area (TPSA) is 102 Å². The van der Waals surface area contributed by atoms with E-state index in [2.05, 4.69) is 10.3 Å². The molecular weight excluding hydrogens is 482 g/mol. The highest BCUT2D eigenvalue weighted by atomic mass is 35.5. The molecule has 9 heteroatoms. The fraction of sp³-hybridized carbons (Fsp3) is 0.222. The van der Waals surface area contributed by atoms with Crippen LogP contribution in [0.2, 0.25) is 5.02 Å². The number of aromatic nitrogens is 2. The van der Waals surface area contributed by atoms with Gasteiger partial charge in [-0.15, -0.1) is 0 Å². The van der Waals surface area contributed by atoms with Crippen LogP contribution >= 0.6 is 11.6 Å². The van der Waals surface area contributed by atoms with Gasteiger partial charge < -0.3 is 19.8 Å². The lowest BCUT2D eigenvalue weighted by Crippen LogP contribution is -2.30. The van der Waals surface area contributed by atoms with Gasteiger partial charge in [-0.2, -0.15) is 0 Å². The highest BCUT2D eigenvalue weighted by Gasteiger charge is 2.20. The van der Waals surface area contributed by atoms with Gasteiger partial charge in [-0.3, -0.25) is 19.0 Å². The molecule has 0 aliphatic rings. The summed E-state index contributed by atoms with van der Waals surface area (Å²) in [6.45, 7) is 1.86. The third-order valence-electron chi connectivity index (χ3n) is 5.95. The lowest BCUT2D eigenvalue weighted by Gasteiger charge is -2.24. The predicted octanol–water partition coefficient (Wildman–Crippen LogP) is 5.32. The van der Waals surface area contributed by atoms with Crippen molar-refractivity contribution in [3.63, 3.8) is 0 Å². The average molecular weight is 508 g/mol. The van der Waals surface area contributed by atoms with E-state index in [0.29, 0.717) is 46.2 Å². The van der Waals surface area contributed by atoms with Crippen LogP contribution in [0, 0.1) is 0 Å². The van der Waals surface area contributed by atoms with Crippen molar-refractivity contribution in [2.24, 2.45) is 0 Å². The zero-order valence-electron chi connectivity index (χ0n) is 20.1. The van der Waals surface area contributed by atoms with E-state index in [1.165, 1.54) is 24.7 Å². The quantitative estimate of drug-likeness (QED) is 0.222. The summed E-state index contributed by atoms with van der Waals surface area (Å²) in [5, 5.41) is 4.70. The van der Waals surface area contributed by atoms with Crippen molar-refractivity contribution in [1.29, 1.82) is 0 Å². The van der Waals surface area contributed by atoms with E-state index in [4.69, 9.17) is 21.1 Å². The largest absolute Gasteiger partial charge is 0.495 e. The van der Waals surface area contributed by atoms with E-state index in [0.717, 1.165) is 22.9 Å². The SMILES string of the molecule is COCCC(Nc1ccc2[nH]c(C=O)cc2c1)n1cc(OC)c(-c2cc(Cl)ccc2C(C)=O)cc1=O. The summed E-state index contributed by atoms with van der Waals surface area (Å²) in [5.74, 6) is 0.269. The molecule has 0 saturated carbocycles.